The minimum atomic E-state index is -0.0945. The summed E-state index contributed by atoms with van der Waals surface area (Å²) in [6, 6.07) is 13.5. The maximum absolute atomic E-state index is 12.7. The molecule has 2 aromatic carbocycles. The summed E-state index contributed by atoms with van der Waals surface area (Å²) in [4.78, 5) is 18.2. The first kappa shape index (κ1) is 18.2. The molecule has 1 heterocycles. The highest BCUT2D eigenvalue weighted by molar-refractivity contribution is 9.10. The predicted molar refractivity (Wildman–Crippen MR) is 110 cm³/mol. The van der Waals surface area contributed by atoms with Crippen LogP contribution in [0.3, 0.4) is 0 Å². The number of carbonyl (C=O) groups is 1. The van der Waals surface area contributed by atoms with Gasteiger partial charge in [-0.05, 0) is 49.7 Å². The third-order valence-electron chi connectivity index (χ3n) is 3.61. The van der Waals surface area contributed by atoms with E-state index in [2.05, 4.69) is 31.6 Å². The van der Waals surface area contributed by atoms with Gasteiger partial charge in [-0.2, -0.15) is 0 Å². The molecule has 3 rings (SSSR count). The van der Waals surface area contributed by atoms with Crippen molar-refractivity contribution >= 4 is 50.6 Å². The van der Waals surface area contributed by atoms with Gasteiger partial charge >= 0.3 is 0 Å². The fraction of sp³-hybridized carbons (Fsp3) is 0.158. The monoisotopic (exact) mass is 432 g/mol. The number of carbonyl (C=O) groups excluding carboxylic acids is 1. The molecule has 0 fully saturated rings. The molecule has 0 radical (unpaired) electrons. The number of benzene rings is 2. The van der Waals surface area contributed by atoms with E-state index in [4.69, 9.17) is 0 Å². The van der Waals surface area contributed by atoms with Gasteiger partial charge in [0.25, 0.3) is 5.91 Å². The second-order valence-electron chi connectivity index (χ2n) is 5.56. The standard InChI is InChI=1S/C19H17BrN2OS2/c1-12-9-14(20)7-8-17(12)22-19(23)16-5-3-4-6-18(16)25-11-15-10-24-13(2)21-15/h3-10H,11H2,1-2H3,(H,22,23). The van der Waals surface area contributed by atoms with Gasteiger partial charge in [-0.1, -0.05) is 28.1 Å². The van der Waals surface area contributed by atoms with Crippen LogP contribution in [-0.2, 0) is 5.75 Å². The number of nitrogens with zero attached hydrogens (tertiary/aromatic N) is 1. The van der Waals surface area contributed by atoms with Crippen molar-refractivity contribution in [2.45, 2.75) is 24.5 Å². The number of aromatic nitrogens is 1. The van der Waals surface area contributed by atoms with Crippen LogP contribution in [0.2, 0.25) is 0 Å². The van der Waals surface area contributed by atoms with Crippen LogP contribution < -0.4 is 5.32 Å². The summed E-state index contributed by atoms with van der Waals surface area (Å²) in [7, 11) is 0. The van der Waals surface area contributed by atoms with Crippen LogP contribution in [0, 0.1) is 13.8 Å². The van der Waals surface area contributed by atoms with Crippen molar-refractivity contribution in [1.29, 1.82) is 0 Å². The highest BCUT2D eigenvalue weighted by atomic mass is 79.9. The fourth-order valence-corrected chi connectivity index (χ4v) is 4.50. The van der Waals surface area contributed by atoms with Crippen molar-refractivity contribution in [2.75, 3.05) is 5.32 Å². The molecule has 0 spiro atoms. The number of amides is 1. The van der Waals surface area contributed by atoms with E-state index in [9.17, 15) is 4.79 Å². The molecule has 0 aliphatic rings. The number of rotatable bonds is 5. The summed E-state index contributed by atoms with van der Waals surface area (Å²) in [6.07, 6.45) is 0. The first-order chi connectivity index (χ1) is 12.0. The third-order valence-corrected chi connectivity index (χ3v) is 6.03. The maximum Gasteiger partial charge on any atom is 0.256 e. The van der Waals surface area contributed by atoms with Crippen molar-refractivity contribution in [3.05, 3.63) is 74.1 Å². The second kappa shape index (κ2) is 8.17. The molecule has 3 nitrogen and oxygen atoms in total. The lowest BCUT2D eigenvalue weighted by Crippen LogP contribution is -2.13. The topological polar surface area (TPSA) is 42.0 Å². The number of hydrogen-bond donors (Lipinski definition) is 1. The summed E-state index contributed by atoms with van der Waals surface area (Å²) >= 11 is 6.72. The summed E-state index contributed by atoms with van der Waals surface area (Å²) in [5.74, 6) is 0.661. The summed E-state index contributed by atoms with van der Waals surface area (Å²) in [6.45, 7) is 3.98. The van der Waals surface area contributed by atoms with E-state index in [0.717, 1.165) is 37.1 Å². The van der Waals surface area contributed by atoms with Crippen molar-refractivity contribution < 1.29 is 4.79 Å². The van der Waals surface area contributed by atoms with Crippen LogP contribution in [0.25, 0.3) is 0 Å². The summed E-state index contributed by atoms with van der Waals surface area (Å²) in [5, 5.41) is 6.14. The average Bonchev–Trinajstić information content (AvgIpc) is 3.01. The molecule has 0 unspecified atom stereocenters. The lowest BCUT2D eigenvalue weighted by molar-refractivity contribution is 0.102. The Bertz CT molecular complexity index is 908. The highest BCUT2D eigenvalue weighted by Crippen LogP contribution is 2.28. The van der Waals surface area contributed by atoms with E-state index in [0.29, 0.717) is 5.56 Å². The molecule has 0 saturated heterocycles. The van der Waals surface area contributed by atoms with E-state index in [-0.39, 0.29) is 5.91 Å². The number of thiazole rings is 1. The number of thioether (sulfide) groups is 1. The van der Waals surface area contributed by atoms with Crippen LogP contribution in [0.5, 0.6) is 0 Å². The minimum Gasteiger partial charge on any atom is -0.322 e. The number of hydrogen-bond acceptors (Lipinski definition) is 4. The zero-order valence-corrected chi connectivity index (χ0v) is 17.1. The predicted octanol–water partition coefficient (Wildman–Crippen LogP) is 6.07. The molecular formula is C19H17BrN2OS2. The van der Waals surface area contributed by atoms with Gasteiger partial charge in [0.05, 0.1) is 16.3 Å². The zero-order valence-electron chi connectivity index (χ0n) is 13.9. The molecule has 25 heavy (non-hydrogen) atoms. The van der Waals surface area contributed by atoms with E-state index in [1.54, 1.807) is 23.1 Å². The van der Waals surface area contributed by atoms with Gasteiger partial charge in [0.2, 0.25) is 0 Å². The molecule has 0 aliphatic carbocycles. The van der Waals surface area contributed by atoms with E-state index < -0.39 is 0 Å². The molecule has 0 bridgehead atoms. The molecule has 0 saturated carbocycles. The van der Waals surface area contributed by atoms with E-state index in [1.165, 1.54) is 0 Å². The van der Waals surface area contributed by atoms with Gasteiger partial charge in [-0.3, -0.25) is 4.79 Å². The Labute approximate surface area is 164 Å². The number of anilines is 1. The van der Waals surface area contributed by atoms with Crippen molar-refractivity contribution in [2.24, 2.45) is 0 Å². The summed E-state index contributed by atoms with van der Waals surface area (Å²) < 4.78 is 0.998. The molecule has 6 heteroatoms. The third kappa shape index (κ3) is 4.71. The van der Waals surface area contributed by atoms with Gasteiger partial charge in [0, 0.05) is 26.2 Å². The number of halogens is 1. The average molecular weight is 433 g/mol. The van der Waals surface area contributed by atoms with Crippen LogP contribution in [0.1, 0.15) is 26.6 Å². The normalized spacial score (nSPS) is 10.7. The number of aryl methyl sites for hydroxylation is 2. The van der Waals surface area contributed by atoms with Crippen LogP contribution >= 0.6 is 39.0 Å². The Morgan fingerprint density at radius 3 is 2.76 bits per heavy atom. The summed E-state index contributed by atoms with van der Waals surface area (Å²) in [5.41, 5.74) is 3.57. The van der Waals surface area contributed by atoms with Gasteiger partial charge in [-0.15, -0.1) is 23.1 Å². The zero-order chi connectivity index (χ0) is 17.8. The number of nitrogens with one attached hydrogen (secondary N) is 1. The molecule has 128 valence electrons. The molecule has 1 aromatic heterocycles. The Kier molecular flexibility index (Phi) is 5.93. The van der Waals surface area contributed by atoms with Crippen LogP contribution in [-0.4, -0.2) is 10.9 Å². The Balaban J connectivity index is 1.76. The second-order valence-corrected chi connectivity index (χ2v) is 8.55. The first-order valence-electron chi connectivity index (χ1n) is 7.73. The molecule has 1 N–H and O–H groups in total. The minimum absolute atomic E-state index is 0.0945. The molecule has 0 atom stereocenters. The molecular weight excluding hydrogens is 416 g/mol. The Hall–Kier alpha value is -1.63. The highest BCUT2D eigenvalue weighted by Gasteiger charge is 2.13. The smallest absolute Gasteiger partial charge is 0.256 e. The van der Waals surface area contributed by atoms with Gasteiger partial charge in [-0.25, -0.2) is 4.98 Å². The SMILES string of the molecule is Cc1nc(CSc2ccccc2C(=O)Nc2ccc(Br)cc2C)cs1. The molecule has 1 amide bonds. The Morgan fingerprint density at radius 1 is 1.24 bits per heavy atom. The van der Waals surface area contributed by atoms with E-state index >= 15 is 0 Å². The fourth-order valence-electron chi connectivity index (χ4n) is 2.36. The largest absolute Gasteiger partial charge is 0.322 e. The lowest BCUT2D eigenvalue weighted by atomic mass is 10.1. The Morgan fingerprint density at radius 2 is 2.04 bits per heavy atom. The van der Waals surface area contributed by atoms with Crippen molar-refractivity contribution in [1.82, 2.24) is 4.98 Å². The van der Waals surface area contributed by atoms with E-state index in [1.807, 2.05) is 56.3 Å². The van der Waals surface area contributed by atoms with Gasteiger partial charge in [0.1, 0.15) is 0 Å². The molecule has 0 aliphatic heterocycles. The molecule has 3 aromatic rings. The first-order valence-corrected chi connectivity index (χ1v) is 10.4. The van der Waals surface area contributed by atoms with Crippen LogP contribution in [0.4, 0.5) is 5.69 Å². The van der Waals surface area contributed by atoms with Gasteiger partial charge in [0.15, 0.2) is 0 Å². The van der Waals surface area contributed by atoms with Gasteiger partial charge < -0.3 is 5.32 Å². The quantitative estimate of drug-likeness (QED) is 0.497. The van der Waals surface area contributed by atoms with Crippen LogP contribution in [0.15, 0.2) is 57.2 Å². The van der Waals surface area contributed by atoms with Crippen molar-refractivity contribution in [3.8, 4) is 0 Å². The maximum atomic E-state index is 12.7. The van der Waals surface area contributed by atoms with Crippen molar-refractivity contribution in [3.63, 3.8) is 0 Å². The lowest BCUT2D eigenvalue weighted by Gasteiger charge is -2.11.